The van der Waals surface area contributed by atoms with Crippen LogP contribution in [0.15, 0.2) is 109 Å². The van der Waals surface area contributed by atoms with E-state index in [1.54, 1.807) is 0 Å². The van der Waals surface area contributed by atoms with Crippen LogP contribution in [0.3, 0.4) is 0 Å². The second-order valence-corrected chi connectivity index (χ2v) is 8.39. The second-order valence-electron chi connectivity index (χ2n) is 8.39. The van der Waals surface area contributed by atoms with E-state index in [9.17, 15) is 0 Å². The molecule has 5 rings (SSSR count). The molecule has 1 atom stereocenters. The number of hydrogen-bond acceptors (Lipinski definition) is 2. The number of likely N-dealkylation sites (N-methyl/N-ethyl adjacent to an activating group) is 1. The predicted octanol–water partition coefficient (Wildman–Crippen LogP) is 6.56. The first-order valence-electron chi connectivity index (χ1n) is 11.1. The van der Waals surface area contributed by atoms with Crippen molar-refractivity contribution in [3.8, 4) is 11.1 Å². The highest BCUT2D eigenvalue weighted by molar-refractivity contribution is 5.82. The molecule has 3 aromatic carbocycles. The summed E-state index contributed by atoms with van der Waals surface area (Å²) in [5.41, 5.74) is 5.79. The normalized spacial score (nSPS) is 12.6. The summed E-state index contributed by atoms with van der Waals surface area (Å²) < 4.78 is 6.80. The van der Waals surface area contributed by atoms with Crippen molar-refractivity contribution in [2.45, 2.75) is 25.2 Å². The van der Waals surface area contributed by atoms with Gasteiger partial charge in [0.25, 0.3) is 0 Å². The zero-order chi connectivity index (χ0) is 22.4. The van der Waals surface area contributed by atoms with Crippen molar-refractivity contribution in [1.29, 1.82) is 0 Å². The standard InChI is InChI=1S/C24H25NO.C6H5/c1-18(25(2)3)24(22-10-6-4-7-11-22,23-12-8-5-9-13-23)26-17-19-14-20-16-21(20)15-19;1-2-4-6-5-3-1/h4-16,18H,17H2,1-3H3;1-5H/t18-;/m0./s1. The summed E-state index contributed by atoms with van der Waals surface area (Å²) in [6, 6.07) is 40.5. The Bertz CT molecular complexity index is 1020. The molecule has 2 nitrogen and oxygen atoms in total. The van der Waals surface area contributed by atoms with Crippen molar-refractivity contribution in [2.24, 2.45) is 0 Å². The van der Waals surface area contributed by atoms with Gasteiger partial charge < -0.3 is 9.64 Å². The van der Waals surface area contributed by atoms with Crippen LogP contribution in [-0.2, 0) is 16.9 Å². The lowest BCUT2D eigenvalue weighted by molar-refractivity contribution is -0.0757. The smallest absolute Gasteiger partial charge is 0.134 e. The molecule has 0 aromatic heterocycles. The molecule has 2 aliphatic rings. The topological polar surface area (TPSA) is 12.5 Å². The summed E-state index contributed by atoms with van der Waals surface area (Å²) >= 11 is 0. The van der Waals surface area contributed by atoms with E-state index in [0.717, 1.165) is 0 Å². The van der Waals surface area contributed by atoms with Crippen molar-refractivity contribution in [2.75, 3.05) is 14.1 Å². The van der Waals surface area contributed by atoms with E-state index in [0.29, 0.717) is 6.61 Å². The average Bonchev–Trinajstić information content (AvgIpc) is 3.47. The Morgan fingerprint density at radius 3 is 1.66 bits per heavy atom. The van der Waals surface area contributed by atoms with E-state index in [4.69, 9.17) is 4.74 Å². The fourth-order valence-electron chi connectivity index (χ4n) is 4.12. The number of rotatable bonds is 7. The monoisotopic (exact) mass is 420 g/mol. The number of benzene rings is 4. The molecule has 32 heavy (non-hydrogen) atoms. The van der Waals surface area contributed by atoms with Gasteiger partial charge in [0.1, 0.15) is 5.60 Å². The first-order valence-corrected chi connectivity index (χ1v) is 11.1. The molecular weight excluding hydrogens is 390 g/mol. The maximum Gasteiger partial charge on any atom is 0.134 e. The van der Waals surface area contributed by atoms with E-state index < -0.39 is 5.60 Å². The molecule has 0 unspecified atom stereocenters. The summed E-state index contributed by atoms with van der Waals surface area (Å²) in [6.45, 7) is 2.84. The molecule has 0 fully saturated rings. The lowest BCUT2D eigenvalue weighted by atomic mass is 9.80. The van der Waals surface area contributed by atoms with Crippen LogP contribution in [0.2, 0.25) is 0 Å². The fourth-order valence-corrected chi connectivity index (χ4v) is 4.12. The summed E-state index contributed by atoms with van der Waals surface area (Å²) in [4.78, 5) is 2.24. The lowest BCUT2D eigenvalue weighted by Gasteiger charge is -2.43. The molecule has 161 valence electrons. The first-order chi connectivity index (χ1) is 15.6. The van der Waals surface area contributed by atoms with Crippen molar-refractivity contribution in [1.82, 2.24) is 4.90 Å². The van der Waals surface area contributed by atoms with Crippen molar-refractivity contribution in [3.63, 3.8) is 0 Å². The van der Waals surface area contributed by atoms with E-state index in [-0.39, 0.29) is 6.04 Å². The highest BCUT2D eigenvalue weighted by atomic mass is 16.5. The minimum atomic E-state index is -0.535. The quantitative estimate of drug-likeness (QED) is 0.295. The number of fused-ring (bicyclic) bond motifs is 1. The summed E-state index contributed by atoms with van der Waals surface area (Å²) in [5.74, 6) is 0. The molecule has 0 N–H and O–H groups in total. The van der Waals surface area contributed by atoms with Gasteiger partial charge >= 0.3 is 0 Å². The van der Waals surface area contributed by atoms with Crippen LogP contribution in [0.5, 0.6) is 0 Å². The van der Waals surface area contributed by atoms with Crippen molar-refractivity contribution >= 4 is 0 Å². The highest BCUT2D eigenvalue weighted by Gasteiger charge is 2.42. The predicted molar refractivity (Wildman–Crippen MR) is 132 cm³/mol. The SMILES string of the molecule is C[C@H](N(C)C)C(OCc1cc2cc-2c1)(c1ccccc1)c1ccccc1.[c]1ccccc1. The van der Waals surface area contributed by atoms with Gasteiger partial charge in [0.15, 0.2) is 0 Å². The van der Waals surface area contributed by atoms with Gasteiger partial charge in [-0.3, -0.25) is 0 Å². The van der Waals surface area contributed by atoms with Crippen LogP contribution >= 0.6 is 0 Å². The maximum atomic E-state index is 6.80. The Morgan fingerprint density at radius 2 is 1.25 bits per heavy atom. The van der Waals surface area contributed by atoms with E-state index in [1.165, 1.54) is 27.8 Å². The molecule has 0 amide bonds. The lowest BCUT2D eigenvalue weighted by Crippen LogP contribution is -2.48. The molecule has 0 spiro atoms. The number of hydrogen-bond donors (Lipinski definition) is 0. The van der Waals surface area contributed by atoms with Crippen molar-refractivity contribution < 1.29 is 4.74 Å². The Labute approximate surface area is 192 Å². The van der Waals surface area contributed by atoms with Gasteiger partial charge in [0, 0.05) is 6.04 Å². The molecule has 0 aliphatic heterocycles. The third-order valence-electron chi connectivity index (χ3n) is 6.08. The molecule has 0 bridgehead atoms. The van der Waals surface area contributed by atoms with E-state index in [1.807, 2.05) is 30.3 Å². The van der Waals surface area contributed by atoms with Gasteiger partial charge in [-0.2, -0.15) is 0 Å². The molecule has 2 aliphatic carbocycles. The van der Waals surface area contributed by atoms with E-state index in [2.05, 4.69) is 111 Å². The van der Waals surface area contributed by atoms with Crippen LogP contribution in [0.25, 0.3) is 11.1 Å². The first kappa shape index (κ1) is 22.0. The number of ether oxygens (including phenoxy) is 1. The highest BCUT2D eigenvalue weighted by Crippen LogP contribution is 2.41. The Kier molecular flexibility index (Phi) is 6.84. The third kappa shape index (κ3) is 4.83. The molecule has 0 saturated carbocycles. The van der Waals surface area contributed by atoms with Crippen LogP contribution < -0.4 is 0 Å². The number of nitrogens with zero attached hydrogens (tertiary/aromatic N) is 1. The molecular formula is C30H30NO. The third-order valence-corrected chi connectivity index (χ3v) is 6.08. The molecule has 2 heteroatoms. The summed E-state index contributed by atoms with van der Waals surface area (Å²) in [6.07, 6.45) is 0. The zero-order valence-electron chi connectivity index (χ0n) is 19.0. The van der Waals surface area contributed by atoms with Gasteiger partial charge in [-0.05, 0) is 73.1 Å². The van der Waals surface area contributed by atoms with Crippen LogP contribution in [-0.4, -0.2) is 25.0 Å². The zero-order valence-corrected chi connectivity index (χ0v) is 19.0. The molecule has 0 heterocycles. The van der Waals surface area contributed by atoms with Crippen molar-refractivity contribution in [3.05, 3.63) is 132 Å². The van der Waals surface area contributed by atoms with Gasteiger partial charge in [0.2, 0.25) is 0 Å². The minimum Gasteiger partial charge on any atom is -0.359 e. The Hall–Kier alpha value is -3.20. The Balaban J connectivity index is 0.000000354. The second kappa shape index (κ2) is 9.95. The van der Waals surface area contributed by atoms with Crippen LogP contribution in [0.4, 0.5) is 0 Å². The maximum absolute atomic E-state index is 6.80. The van der Waals surface area contributed by atoms with Gasteiger partial charge in [-0.15, -0.1) is 0 Å². The molecule has 1 radical (unpaired) electrons. The molecule has 0 saturated heterocycles. The van der Waals surface area contributed by atoms with Gasteiger partial charge in [0.05, 0.1) is 6.61 Å². The average molecular weight is 421 g/mol. The van der Waals surface area contributed by atoms with Crippen LogP contribution in [0, 0.1) is 6.07 Å². The van der Waals surface area contributed by atoms with Gasteiger partial charge in [-0.25, -0.2) is 0 Å². The fraction of sp³-hybridized carbons (Fsp3) is 0.200. The van der Waals surface area contributed by atoms with E-state index >= 15 is 0 Å². The van der Waals surface area contributed by atoms with Gasteiger partial charge in [-0.1, -0.05) is 91.0 Å². The molecule has 3 aromatic rings. The summed E-state index contributed by atoms with van der Waals surface area (Å²) in [5, 5.41) is 0. The Morgan fingerprint density at radius 1 is 0.750 bits per heavy atom. The summed E-state index contributed by atoms with van der Waals surface area (Å²) in [7, 11) is 4.23. The van der Waals surface area contributed by atoms with Crippen LogP contribution in [0.1, 0.15) is 23.6 Å². The largest absolute Gasteiger partial charge is 0.359 e. The minimum absolute atomic E-state index is 0.163.